The zero-order chi connectivity index (χ0) is 13.7. The second kappa shape index (κ2) is 6.73. The second-order valence-electron chi connectivity index (χ2n) is 5.14. The van der Waals surface area contributed by atoms with E-state index in [2.05, 4.69) is 4.72 Å². The van der Waals surface area contributed by atoms with E-state index in [4.69, 9.17) is 11.6 Å². The average Bonchev–Trinajstić information content (AvgIpc) is 2.40. The average molecular weight is 302 g/mol. The highest BCUT2D eigenvalue weighted by molar-refractivity contribution is 7.89. The molecule has 106 valence electrons. The summed E-state index contributed by atoms with van der Waals surface area (Å²) in [5.74, 6) is 0.682. The van der Waals surface area contributed by atoms with Gasteiger partial charge in [0.15, 0.2) is 0 Å². The lowest BCUT2D eigenvalue weighted by Gasteiger charge is -2.21. The fourth-order valence-electron chi connectivity index (χ4n) is 2.57. The fraction of sp³-hybridized carbons (Fsp3) is 0.571. The molecule has 0 aliphatic heterocycles. The van der Waals surface area contributed by atoms with E-state index in [0.29, 0.717) is 17.5 Å². The van der Waals surface area contributed by atoms with Gasteiger partial charge in [0.1, 0.15) is 0 Å². The molecule has 1 saturated carbocycles. The smallest absolute Gasteiger partial charge is 0.211 e. The standard InChI is InChI=1S/C14H20ClNO2S/c15-13-6-8-14(9-7-13)19(17,18)16-11-10-12-4-2-1-3-5-12/h6-9,12,16H,1-5,10-11H2. The van der Waals surface area contributed by atoms with E-state index >= 15 is 0 Å². The molecule has 0 unspecified atom stereocenters. The molecule has 19 heavy (non-hydrogen) atoms. The maximum atomic E-state index is 12.0. The maximum Gasteiger partial charge on any atom is 0.240 e. The van der Waals surface area contributed by atoms with Gasteiger partial charge >= 0.3 is 0 Å². The van der Waals surface area contributed by atoms with E-state index in [-0.39, 0.29) is 4.90 Å². The molecule has 1 aromatic rings. The lowest BCUT2D eigenvalue weighted by molar-refractivity contribution is 0.339. The highest BCUT2D eigenvalue weighted by Crippen LogP contribution is 2.26. The molecule has 2 rings (SSSR count). The Labute approximate surface area is 120 Å². The number of hydrogen-bond acceptors (Lipinski definition) is 2. The lowest BCUT2D eigenvalue weighted by Crippen LogP contribution is -2.26. The minimum Gasteiger partial charge on any atom is -0.211 e. The molecule has 0 heterocycles. The van der Waals surface area contributed by atoms with Gasteiger partial charge in [-0.25, -0.2) is 13.1 Å². The molecule has 0 saturated heterocycles. The Morgan fingerprint density at radius 3 is 2.37 bits per heavy atom. The molecule has 0 spiro atoms. The Morgan fingerprint density at radius 2 is 1.74 bits per heavy atom. The molecule has 5 heteroatoms. The predicted molar refractivity (Wildman–Crippen MR) is 77.8 cm³/mol. The maximum absolute atomic E-state index is 12.0. The van der Waals surface area contributed by atoms with Crippen LogP contribution in [0.15, 0.2) is 29.2 Å². The summed E-state index contributed by atoms with van der Waals surface area (Å²) in [7, 11) is -3.39. The first kappa shape index (κ1) is 14.8. The normalized spacial score (nSPS) is 17.5. The van der Waals surface area contributed by atoms with E-state index in [1.54, 1.807) is 12.1 Å². The van der Waals surface area contributed by atoms with Crippen LogP contribution < -0.4 is 4.72 Å². The molecule has 0 aromatic heterocycles. The predicted octanol–water partition coefficient (Wildman–Crippen LogP) is 3.59. The largest absolute Gasteiger partial charge is 0.240 e. The van der Waals surface area contributed by atoms with Crippen molar-refractivity contribution in [3.63, 3.8) is 0 Å². The highest BCUT2D eigenvalue weighted by Gasteiger charge is 2.16. The third kappa shape index (κ3) is 4.48. The number of rotatable bonds is 5. The van der Waals surface area contributed by atoms with Crippen LogP contribution in [0.25, 0.3) is 0 Å². The van der Waals surface area contributed by atoms with Gasteiger partial charge in [0, 0.05) is 11.6 Å². The lowest BCUT2D eigenvalue weighted by atomic mass is 9.87. The first-order chi connectivity index (χ1) is 9.08. The SMILES string of the molecule is O=S(=O)(NCCC1CCCCC1)c1ccc(Cl)cc1. The third-order valence-electron chi connectivity index (χ3n) is 3.69. The monoisotopic (exact) mass is 301 g/mol. The van der Waals surface area contributed by atoms with Gasteiger partial charge < -0.3 is 0 Å². The topological polar surface area (TPSA) is 46.2 Å². The summed E-state index contributed by atoms with van der Waals surface area (Å²) in [4.78, 5) is 0.278. The van der Waals surface area contributed by atoms with Crippen LogP contribution >= 0.6 is 11.6 Å². The molecule has 0 bridgehead atoms. The molecule has 1 N–H and O–H groups in total. The summed E-state index contributed by atoms with van der Waals surface area (Å²) < 4.78 is 26.7. The van der Waals surface area contributed by atoms with E-state index in [9.17, 15) is 8.42 Å². The van der Waals surface area contributed by atoms with E-state index in [1.807, 2.05) is 0 Å². The van der Waals surface area contributed by atoms with Crippen molar-refractivity contribution >= 4 is 21.6 Å². The zero-order valence-electron chi connectivity index (χ0n) is 10.9. The Morgan fingerprint density at radius 1 is 1.11 bits per heavy atom. The quantitative estimate of drug-likeness (QED) is 0.903. The minimum absolute atomic E-state index is 0.278. The van der Waals surface area contributed by atoms with E-state index in [0.717, 1.165) is 6.42 Å². The molecule has 1 aromatic carbocycles. The van der Waals surface area contributed by atoms with Gasteiger partial charge in [0.05, 0.1) is 4.90 Å². The molecule has 0 amide bonds. The van der Waals surface area contributed by atoms with Crippen molar-refractivity contribution in [1.29, 1.82) is 0 Å². The molecule has 1 aliphatic rings. The number of sulfonamides is 1. The van der Waals surface area contributed by atoms with Crippen molar-refractivity contribution in [3.05, 3.63) is 29.3 Å². The van der Waals surface area contributed by atoms with Crippen LogP contribution in [0.2, 0.25) is 5.02 Å². The Bertz CT molecular complexity index is 493. The molecular weight excluding hydrogens is 282 g/mol. The van der Waals surface area contributed by atoms with Crippen molar-refractivity contribution in [2.24, 2.45) is 5.92 Å². The van der Waals surface area contributed by atoms with Gasteiger partial charge in [-0.3, -0.25) is 0 Å². The molecule has 1 fully saturated rings. The zero-order valence-corrected chi connectivity index (χ0v) is 12.5. The summed E-state index contributed by atoms with van der Waals surface area (Å²) in [6.45, 7) is 0.523. The number of hydrogen-bond donors (Lipinski definition) is 1. The fourth-order valence-corrected chi connectivity index (χ4v) is 3.74. The Hall–Kier alpha value is -0.580. The molecule has 3 nitrogen and oxygen atoms in total. The molecule has 0 radical (unpaired) electrons. The first-order valence-electron chi connectivity index (χ1n) is 6.83. The van der Waals surface area contributed by atoms with E-state index < -0.39 is 10.0 Å². The van der Waals surface area contributed by atoms with Crippen LogP contribution in [0, 0.1) is 5.92 Å². The molecule has 0 atom stereocenters. The Kier molecular flexibility index (Phi) is 5.25. The summed E-state index contributed by atoms with van der Waals surface area (Å²) >= 11 is 5.75. The van der Waals surface area contributed by atoms with Crippen molar-refractivity contribution in [2.75, 3.05) is 6.54 Å². The van der Waals surface area contributed by atoms with Gasteiger partial charge in [-0.15, -0.1) is 0 Å². The number of halogens is 1. The molecule has 1 aliphatic carbocycles. The van der Waals surface area contributed by atoms with Crippen LogP contribution in [0.4, 0.5) is 0 Å². The first-order valence-corrected chi connectivity index (χ1v) is 8.69. The molecular formula is C14H20ClNO2S. The second-order valence-corrected chi connectivity index (χ2v) is 7.35. The van der Waals surface area contributed by atoms with Crippen LogP contribution in [0.1, 0.15) is 38.5 Å². The van der Waals surface area contributed by atoms with E-state index in [1.165, 1.54) is 44.2 Å². The summed E-state index contributed by atoms with van der Waals surface area (Å²) in [6, 6.07) is 6.26. The highest BCUT2D eigenvalue weighted by atomic mass is 35.5. The van der Waals surface area contributed by atoms with Gasteiger partial charge in [0.25, 0.3) is 0 Å². The van der Waals surface area contributed by atoms with Crippen molar-refractivity contribution < 1.29 is 8.42 Å². The van der Waals surface area contributed by atoms with Gasteiger partial charge in [-0.2, -0.15) is 0 Å². The van der Waals surface area contributed by atoms with Crippen molar-refractivity contribution in [2.45, 2.75) is 43.4 Å². The summed E-state index contributed by atoms with van der Waals surface area (Å²) in [6.07, 6.45) is 7.31. The minimum atomic E-state index is -3.39. The van der Waals surface area contributed by atoms with Crippen LogP contribution in [0.5, 0.6) is 0 Å². The number of benzene rings is 1. The summed E-state index contributed by atoms with van der Waals surface area (Å²) in [5, 5.41) is 0.543. The van der Waals surface area contributed by atoms with Gasteiger partial charge in [-0.05, 0) is 36.6 Å². The van der Waals surface area contributed by atoms with Crippen LogP contribution in [-0.2, 0) is 10.0 Å². The third-order valence-corrected chi connectivity index (χ3v) is 5.42. The summed E-state index contributed by atoms with van der Waals surface area (Å²) in [5.41, 5.74) is 0. The van der Waals surface area contributed by atoms with Crippen LogP contribution in [0.3, 0.4) is 0 Å². The number of nitrogens with one attached hydrogen (secondary N) is 1. The Balaban J connectivity index is 1.85. The van der Waals surface area contributed by atoms with Crippen LogP contribution in [-0.4, -0.2) is 15.0 Å². The van der Waals surface area contributed by atoms with Gasteiger partial charge in [0.2, 0.25) is 10.0 Å². The van der Waals surface area contributed by atoms with Gasteiger partial charge in [-0.1, -0.05) is 43.7 Å². The van der Waals surface area contributed by atoms with Crippen molar-refractivity contribution in [3.8, 4) is 0 Å². The van der Waals surface area contributed by atoms with Crippen molar-refractivity contribution in [1.82, 2.24) is 4.72 Å².